The highest BCUT2D eigenvalue weighted by atomic mass is 32.3. The molecule has 82 valence electrons. The largest absolute Gasteiger partial charge is 0.395 e. The summed E-state index contributed by atoms with van der Waals surface area (Å²) in [6, 6.07) is 0. The lowest BCUT2D eigenvalue weighted by atomic mass is 10.1. The molecule has 0 spiro atoms. The zero-order chi connectivity index (χ0) is 10.8. The fourth-order valence-corrected chi connectivity index (χ4v) is 2.37. The predicted molar refractivity (Wildman–Crippen MR) is 46.7 cm³/mol. The summed E-state index contributed by atoms with van der Waals surface area (Å²) in [7, 11) is -4.51. The molecule has 0 radical (unpaired) electrons. The van der Waals surface area contributed by atoms with E-state index in [9.17, 15) is 17.1 Å². The minimum Gasteiger partial charge on any atom is -0.395 e. The minimum atomic E-state index is -4.51. The van der Waals surface area contributed by atoms with Crippen molar-refractivity contribution in [2.24, 2.45) is 5.92 Å². The van der Waals surface area contributed by atoms with E-state index in [1.54, 1.807) is 0 Å². The highest BCUT2D eigenvalue weighted by molar-refractivity contribution is 7.86. The number of hydrogen-bond donors (Lipinski definition) is 1. The first-order chi connectivity index (χ1) is 6.42. The second kappa shape index (κ2) is 4.22. The number of amides is 1. The van der Waals surface area contributed by atoms with Crippen LogP contribution in [0, 0.1) is 5.92 Å². The number of aliphatic hydroxyl groups excluding tert-OH is 1. The van der Waals surface area contributed by atoms with Crippen LogP contribution in [0.25, 0.3) is 0 Å². The number of aliphatic hydroxyl groups is 1. The molecule has 1 aliphatic rings. The van der Waals surface area contributed by atoms with Gasteiger partial charge in [0.25, 0.3) is 0 Å². The molecule has 1 unspecified atom stereocenters. The standard InChI is InChI=1S/C7H12FNO4S/c8-14(12,13)5-6-3-7(11)9(4-6)1-2-10/h6,10H,1-5H2. The van der Waals surface area contributed by atoms with Crippen molar-refractivity contribution < 1.29 is 22.2 Å². The van der Waals surface area contributed by atoms with Crippen molar-refractivity contribution in [3.8, 4) is 0 Å². The Morgan fingerprint density at radius 1 is 1.57 bits per heavy atom. The Bertz CT molecular complexity index is 316. The van der Waals surface area contributed by atoms with Gasteiger partial charge < -0.3 is 10.0 Å². The number of likely N-dealkylation sites (tertiary alicyclic amines) is 1. The van der Waals surface area contributed by atoms with Crippen LogP contribution in [0.4, 0.5) is 3.89 Å². The first-order valence-electron chi connectivity index (χ1n) is 4.23. The number of β-amino-alcohol motifs (C(OH)–C–C–N with tert-alkyl or cyclic N) is 1. The fraction of sp³-hybridized carbons (Fsp3) is 0.857. The van der Waals surface area contributed by atoms with Gasteiger partial charge in [-0.15, -0.1) is 3.89 Å². The first-order valence-corrected chi connectivity index (χ1v) is 5.78. The average Bonchev–Trinajstić information content (AvgIpc) is 2.28. The molecule has 1 heterocycles. The van der Waals surface area contributed by atoms with Gasteiger partial charge in [0, 0.05) is 25.4 Å². The van der Waals surface area contributed by atoms with Crippen LogP contribution in [0.3, 0.4) is 0 Å². The molecule has 1 fully saturated rings. The summed E-state index contributed by atoms with van der Waals surface area (Å²) in [5.41, 5.74) is 0. The van der Waals surface area contributed by atoms with Crippen molar-refractivity contribution in [1.82, 2.24) is 4.90 Å². The van der Waals surface area contributed by atoms with Crippen molar-refractivity contribution in [2.45, 2.75) is 6.42 Å². The Hall–Kier alpha value is -0.690. The molecule has 0 saturated carbocycles. The molecule has 1 N–H and O–H groups in total. The molecule has 0 aromatic carbocycles. The number of carbonyl (C=O) groups excluding carboxylic acids is 1. The Labute approximate surface area is 81.7 Å². The van der Waals surface area contributed by atoms with Crippen molar-refractivity contribution in [1.29, 1.82) is 0 Å². The van der Waals surface area contributed by atoms with Crippen LogP contribution in [-0.4, -0.2) is 49.8 Å². The molecular formula is C7H12FNO4S. The van der Waals surface area contributed by atoms with Crippen LogP contribution in [0.5, 0.6) is 0 Å². The van der Waals surface area contributed by atoms with Gasteiger partial charge in [0.1, 0.15) is 0 Å². The molecule has 14 heavy (non-hydrogen) atoms. The number of rotatable bonds is 4. The van der Waals surface area contributed by atoms with Crippen LogP contribution in [0.15, 0.2) is 0 Å². The summed E-state index contributed by atoms with van der Waals surface area (Å²) in [4.78, 5) is 12.5. The minimum absolute atomic E-state index is 0.0448. The van der Waals surface area contributed by atoms with Crippen LogP contribution in [0.2, 0.25) is 0 Å². The van der Waals surface area contributed by atoms with Gasteiger partial charge in [-0.05, 0) is 0 Å². The van der Waals surface area contributed by atoms with Crippen molar-refractivity contribution in [3.63, 3.8) is 0 Å². The summed E-state index contributed by atoms with van der Waals surface area (Å²) in [6.45, 7) is 0.227. The number of nitrogens with zero attached hydrogens (tertiary/aromatic N) is 1. The van der Waals surface area contributed by atoms with Gasteiger partial charge >= 0.3 is 10.2 Å². The Kier molecular flexibility index (Phi) is 3.43. The fourth-order valence-electron chi connectivity index (χ4n) is 1.58. The molecule has 1 amide bonds. The lowest BCUT2D eigenvalue weighted by Crippen LogP contribution is -2.28. The van der Waals surface area contributed by atoms with E-state index in [0.717, 1.165) is 0 Å². The van der Waals surface area contributed by atoms with Gasteiger partial charge in [-0.25, -0.2) is 0 Å². The molecule has 0 aromatic rings. The van der Waals surface area contributed by atoms with Crippen molar-refractivity contribution >= 4 is 16.1 Å². The summed E-state index contributed by atoms with van der Waals surface area (Å²) in [5.74, 6) is -1.32. The van der Waals surface area contributed by atoms with Gasteiger partial charge in [-0.1, -0.05) is 0 Å². The molecule has 1 rings (SSSR count). The summed E-state index contributed by atoms with van der Waals surface area (Å²) in [6.07, 6.45) is 0.0448. The van der Waals surface area contributed by atoms with Crippen LogP contribution < -0.4 is 0 Å². The predicted octanol–water partition coefficient (Wildman–Crippen LogP) is -0.873. The van der Waals surface area contributed by atoms with E-state index in [0.29, 0.717) is 0 Å². The molecule has 0 aromatic heterocycles. The van der Waals surface area contributed by atoms with E-state index in [2.05, 4.69) is 0 Å². The normalized spacial score (nSPS) is 23.1. The second-order valence-corrected chi connectivity index (χ2v) is 4.75. The highest BCUT2D eigenvalue weighted by Crippen LogP contribution is 2.19. The van der Waals surface area contributed by atoms with Crippen molar-refractivity contribution in [3.05, 3.63) is 0 Å². The summed E-state index contributed by atoms with van der Waals surface area (Å²) in [5, 5.41) is 8.58. The second-order valence-electron chi connectivity index (χ2n) is 3.34. The molecule has 0 bridgehead atoms. The Morgan fingerprint density at radius 2 is 2.21 bits per heavy atom. The SMILES string of the molecule is O=C1CC(CS(=O)(=O)F)CN1CCO. The van der Waals surface area contributed by atoms with Crippen molar-refractivity contribution in [2.75, 3.05) is 25.4 Å². The van der Waals surface area contributed by atoms with E-state index in [4.69, 9.17) is 5.11 Å². The summed E-state index contributed by atoms with van der Waals surface area (Å²) >= 11 is 0. The van der Waals surface area contributed by atoms with E-state index in [1.165, 1.54) is 4.90 Å². The zero-order valence-electron chi connectivity index (χ0n) is 7.52. The monoisotopic (exact) mass is 225 g/mol. The topological polar surface area (TPSA) is 74.7 Å². The molecule has 1 atom stereocenters. The first kappa shape index (κ1) is 11.4. The summed E-state index contributed by atoms with van der Waals surface area (Å²) < 4.78 is 32.9. The van der Waals surface area contributed by atoms with Gasteiger partial charge in [-0.3, -0.25) is 4.79 Å². The van der Waals surface area contributed by atoms with E-state index in [1.807, 2.05) is 0 Å². The highest BCUT2D eigenvalue weighted by Gasteiger charge is 2.32. The lowest BCUT2D eigenvalue weighted by molar-refractivity contribution is -0.128. The maximum atomic E-state index is 12.3. The molecule has 5 nitrogen and oxygen atoms in total. The van der Waals surface area contributed by atoms with Gasteiger partial charge in [0.2, 0.25) is 5.91 Å². The smallest absolute Gasteiger partial charge is 0.302 e. The lowest BCUT2D eigenvalue weighted by Gasteiger charge is -2.13. The number of halogens is 1. The van der Waals surface area contributed by atoms with Crippen LogP contribution >= 0.6 is 0 Å². The molecule has 1 saturated heterocycles. The van der Waals surface area contributed by atoms with E-state index < -0.39 is 21.9 Å². The van der Waals surface area contributed by atoms with Gasteiger partial charge in [0.15, 0.2) is 0 Å². The van der Waals surface area contributed by atoms with Gasteiger partial charge in [-0.2, -0.15) is 8.42 Å². The number of hydrogen-bond acceptors (Lipinski definition) is 4. The molecular weight excluding hydrogens is 213 g/mol. The number of carbonyl (C=O) groups is 1. The zero-order valence-corrected chi connectivity index (χ0v) is 8.33. The van der Waals surface area contributed by atoms with E-state index in [-0.39, 0.29) is 32.0 Å². The molecule has 7 heteroatoms. The average molecular weight is 225 g/mol. The maximum Gasteiger partial charge on any atom is 0.302 e. The third-order valence-electron chi connectivity index (χ3n) is 2.10. The molecule has 1 aliphatic heterocycles. The third-order valence-corrected chi connectivity index (χ3v) is 2.97. The van der Waals surface area contributed by atoms with E-state index >= 15 is 0 Å². The maximum absolute atomic E-state index is 12.3. The third kappa shape index (κ3) is 3.22. The quantitative estimate of drug-likeness (QED) is 0.631. The Morgan fingerprint density at radius 3 is 2.71 bits per heavy atom. The Balaban J connectivity index is 2.51. The van der Waals surface area contributed by atoms with Crippen LogP contribution in [0.1, 0.15) is 6.42 Å². The van der Waals surface area contributed by atoms with Gasteiger partial charge in [0.05, 0.1) is 12.4 Å². The molecule has 0 aliphatic carbocycles. The van der Waals surface area contributed by atoms with Crippen LogP contribution in [-0.2, 0) is 15.0 Å².